The Bertz CT molecular complexity index is 566. The van der Waals surface area contributed by atoms with Crippen molar-refractivity contribution in [3.63, 3.8) is 0 Å². The second kappa shape index (κ2) is 5.63. The molecule has 1 aromatic heterocycles. The standard InChI is InChI=1S/C15H17N3/c1-3-11(2)18-15(8-16)14-10-17-9-12-6-4-5-7-13(12)14/h1,4-7,9-11,15,18H,8,16H2,2H3. The molecule has 0 saturated carbocycles. The summed E-state index contributed by atoms with van der Waals surface area (Å²) in [5.41, 5.74) is 6.94. The van der Waals surface area contributed by atoms with Crippen LogP contribution < -0.4 is 11.1 Å². The van der Waals surface area contributed by atoms with Crippen LogP contribution in [0.15, 0.2) is 36.7 Å². The molecule has 2 atom stereocenters. The lowest BCUT2D eigenvalue weighted by molar-refractivity contribution is 0.520. The Kier molecular flexibility index (Phi) is 3.93. The first-order chi connectivity index (χ1) is 8.76. The van der Waals surface area contributed by atoms with Crippen LogP contribution in [0.25, 0.3) is 10.8 Å². The van der Waals surface area contributed by atoms with Crippen molar-refractivity contribution < 1.29 is 0 Å². The van der Waals surface area contributed by atoms with Crippen LogP contribution >= 0.6 is 0 Å². The average Bonchev–Trinajstić information content (AvgIpc) is 2.44. The van der Waals surface area contributed by atoms with Gasteiger partial charge in [-0.2, -0.15) is 0 Å². The van der Waals surface area contributed by atoms with Gasteiger partial charge in [0.1, 0.15) is 0 Å². The van der Waals surface area contributed by atoms with Crippen LogP contribution in [0.3, 0.4) is 0 Å². The number of hydrogen-bond acceptors (Lipinski definition) is 3. The molecule has 3 N–H and O–H groups in total. The third kappa shape index (κ3) is 2.51. The van der Waals surface area contributed by atoms with E-state index in [2.05, 4.69) is 22.3 Å². The molecule has 2 aromatic rings. The number of nitrogens with one attached hydrogen (secondary N) is 1. The van der Waals surface area contributed by atoms with E-state index in [1.807, 2.05) is 37.5 Å². The lowest BCUT2D eigenvalue weighted by Gasteiger charge is -2.20. The normalized spacial score (nSPS) is 14.1. The van der Waals surface area contributed by atoms with Gasteiger partial charge in [0, 0.05) is 30.4 Å². The van der Waals surface area contributed by atoms with Crippen LogP contribution in [0.1, 0.15) is 18.5 Å². The highest BCUT2D eigenvalue weighted by atomic mass is 15.0. The molecule has 0 radical (unpaired) electrons. The molecule has 1 aromatic carbocycles. The molecule has 0 fully saturated rings. The van der Waals surface area contributed by atoms with Crippen LogP contribution in [0.5, 0.6) is 0 Å². The number of nitrogens with two attached hydrogens (primary N) is 1. The largest absolute Gasteiger partial charge is 0.329 e. The molecule has 2 rings (SSSR count). The number of hydrogen-bond donors (Lipinski definition) is 2. The van der Waals surface area contributed by atoms with Crippen molar-refractivity contribution in [2.45, 2.75) is 19.0 Å². The highest BCUT2D eigenvalue weighted by molar-refractivity contribution is 5.85. The van der Waals surface area contributed by atoms with Crippen molar-refractivity contribution in [2.75, 3.05) is 6.54 Å². The summed E-state index contributed by atoms with van der Waals surface area (Å²) >= 11 is 0. The minimum atomic E-state index is -0.0162. The summed E-state index contributed by atoms with van der Waals surface area (Å²) in [5, 5.41) is 5.60. The smallest absolute Gasteiger partial charge is 0.0663 e. The van der Waals surface area contributed by atoms with Gasteiger partial charge in [-0.15, -0.1) is 6.42 Å². The van der Waals surface area contributed by atoms with E-state index in [9.17, 15) is 0 Å². The van der Waals surface area contributed by atoms with Gasteiger partial charge in [-0.05, 0) is 17.9 Å². The fraction of sp³-hybridized carbons (Fsp3) is 0.267. The van der Waals surface area contributed by atoms with Crippen LogP contribution in [0.4, 0.5) is 0 Å². The zero-order chi connectivity index (χ0) is 13.0. The molecular weight excluding hydrogens is 222 g/mol. The Balaban J connectivity index is 2.42. The monoisotopic (exact) mass is 239 g/mol. The molecule has 0 spiro atoms. The van der Waals surface area contributed by atoms with E-state index >= 15 is 0 Å². The molecule has 0 aliphatic heterocycles. The van der Waals surface area contributed by atoms with Crippen molar-refractivity contribution in [3.8, 4) is 12.3 Å². The molecule has 0 amide bonds. The molecule has 2 unspecified atom stereocenters. The van der Waals surface area contributed by atoms with E-state index in [1.165, 1.54) is 5.39 Å². The van der Waals surface area contributed by atoms with Crippen molar-refractivity contribution in [1.29, 1.82) is 0 Å². The molecule has 18 heavy (non-hydrogen) atoms. The van der Waals surface area contributed by atoms with Crippen molar-refractivity contribution >= 4 is 10.8 Å². The predicted octanol–water partition coefficient (Wildman–Crippen LogP) is 1.85. The maximum atomic E-state index is 5.84. The summed E-state index contributed by atoms with van der Waals surface area (Å²) in [7, 11) is 0. The molecule has 0 aliphatic rings. The number of benzene rings is 1. The highest BCUT2D eigenvalue weighted by Crippen LogP contribution is 2.22. The lowest BCUT2D eigenvalue weighted by atomic mass is 10.0. The van der Waals surface area contributed by atoms with Gasteiger partial charge >= 0.3 is 0 Å². The Morgan fingerprint density at radius 3 is 2.89 bits per heavy atom. The maximum absolute atomic E-state index is 5.84. The summed E-state index contributed by atoms with van der Waals surface area (Å²) in [6.45, 7) is 2.43. The molecule has 1 heterocycles. The van der Waals surface area contributed by atoms with E-state index in [0.29, 0.717) is 6.54 Å². The molecule has 0 aliphatic carbocycles. The van der Waals surface area contributed by atoms with Gasteiger partial charge in [-0.1, -0.05) is 30.2 Å². The third-order valence-corrected chi connectivity index (χ3v) is 3.01. The van der Waals surface area contributed by atoms with E-state index in [0.717, 1.165) is 10.9 Å². The molecule has 3 nitrogen and oxygen atoms in total. The average molecular weight is 239 g/mol. The molecule has 92 valence electrons. The van der Waals surface area contributed by atoms with E-state index in [4.69, 9.17) is 12.2 Å². The first-order valence-corrected chi connectivity index (χ1v) is 6.01. The Labute approximate surface area is 107 Å². The van der Waals surface area contributed by atoms with Gasteiger partial charge < -0.3 is 5.73 Å². The van der Waals surface area contributed by atoms with Crippen LogP contribution in [0.2, 0.25) is 0 Å². The van der Waals surface area contributed by atoms with E-state index in [1.54, 1.807) is 0 Å². The lowest BCUT2D eigenvalue weighted by Crippen LogP contribution is -2.34. The van der Waals surface area contributed by atoms with Gasteiger partial charge in [-0.25, -0.2) is 0 Å². The molecule has 0 bridgehead atoms. The molecular formula is C15H17N3. The van der Waals surface area contributed by atoms with Gasteiger partial charge in [0.05, 0.1) is 6.04 Å². The fourth-order valence-electron chi connectivity index (χ4n) is 2.05. The second-order valence-electron chi connectivity index (χ2n) is 4.29. The number of terminal acetylenes is 1. The first-order valence-electron chi connectivity index (χ1n) is 6.01. The number of aromatic nitrogens is 1. The quantitative estimate of drug-likeness (QED) is 0.801. The summed E-state index contributed by atoms with van der Waals surface area (Å²) in [6.07, 6.45) is 9.11. The van der Waals surface area contributed by atoms with Crippen molar-refractivity contribution in [2.24, 2.45) is 5.73 Å². The summed E-state index contributed by atoms with van der Waals surface area (Å²) in [6, 6.07) is 8.15. The highest BCUT2D eigenvalue weighted by Gasteiger charge is 2.14. The zero-order valence-corrected chi connectivity index (χ0v) is 10.4. The number of rotatable bonds is 4. The topological polar surface area (TPSA) is 50.9 Å². The van der Waals surface area contributed by atoms with Gasteiger partial charge in [0.15, 0.2) is 0 Å². The summed E-state index contributed by atoms with van der Waals surface area (Å²) in [5.74, 6) is 2.66. The summed E-state index contributed by atoms with van der Waals surface area (Å²) in [4.78, 5) is 4.27. The van der Waals surface area contributed by atoms with E-state index in [-0.39, 0.29) is 12.1 Å². The van der Waals surface area contributed by atoms with Gasteiger partial charge in [-0.3, -0.25) is 10.3 Å². The predicted molar refractivity (Wildman–Crippen MR) is 75.0 cm³/mol. The first kappa shape index (κ1) is 12.6. The Hall–Kier alpha value is -1.89. The van der Waals surface area contributed by atoms with Gasteiger partial charge in [0.25, 0.3) is 0 Å². The summed E-state index contributed by atoms with van der Waals surface area (Å²) < 4.78 is 0. The van der Waals surface area contributed by atoms with Crippen molar-refractivity contribution in [3.05, 3.63) is 42.2 Å². The molecule has 3 heteroatoms. The minimum Gasteiger partial charge on any atom is -0.329 e. The van der Waals surface area contributed by atoms with Crippen LogP contribution in [0, 0.1) is 12.3 Å². The SMILES string of the molecule is C#CC(C)NC(CN)c1cncc2ccccc12. The number of pyridine rings is 1. The second-order valence-corrected chi connectivity index (χ2v) is 4.29. The zero-order valence-electron chi connectivity index (χ0n) is 10.4. The van der Waals surface area contributed by atoms with E-state index < -0.39 is 0 Å². The maximum Gasteiger partial charge on any atom is 0.0663 e. The third-order valence-electron chi connectivity index (χ3n) is 3.01. The minimum absolute atomic E-state index is 0.0162. The number of fused-ring (bicyclic) bond motifs is 1. The number of nitrogens with zero attached hydrogens (tertiary/aromatic N) is 1. The molecule has 0 saturated heterocycles. The van der Waals surface area contributed by atoms with Crippen LogP contribution in [-0.4, -0.2) is 17.6 Å². The van der Waals surface area contributed by atoms with Gasteiger partial charge in [0.2, 0.25) is 0 Å². The fourth-order valence-corrected chi connectivity index (χ4v) is 2.05. The Morgan fingerprint density at radius 2 is 2.17 bits per heavy atom. The van der Waals surface area contributed by atoms with Crippen molar-refractivity contribution in [1.82, 2.24) is 10.3 Å². The van der Waals surface area contributed by atoms with Crippen LogP contribution in [-0.2, 0) is 0 Å². The Morgan fingerprint density at radius 1 is 1.39 bits per heavy atom.